The molecule has 1 N–H and O–H groups in total. The maximum Gasteiger partial charge on any atom is 0.411 e. The molecule has 1 aromatic heterocycles. The Morgan fingerprint density at radius 1 is 1.18 bits per heavy atom. The molecule has 4 rings (SSSR count). The summed E-state index contributed by atoms with van der Waals surface area (Å²) < 4.78 is 18.2. The van der Waals surface area contributed by atoms with Crippen molar-refractivity contribution in [3.8, 4) is 23.1 Å². The fourth-order valence-corrected chi connectivity index (χ4v) is 4.34. The molecule has 1 aliphatic heterocycles. The van der Waals surface area contributed by atoms with Gasteiger partial charge < -0.3 is 18.8 Å². The number of hydrogen-bond donors (Lipinski definition) is 1. The van der Waals surface area contributed by atoms with Gasteiger partial charge in [0.05, 0.1) is 43.7 Å². The van der Waals surface area contributed by atoms with Crippen LogP contribution >= 0.6 is 0 Å². The third kappa shape index (κ3) is 5.16. The van der Waals surface area contributed by atoms with E-state index in [1.165, 1.54) is 7.11 Å². The SMILES string of the molecule is CCn1c(-c2ccc(NC(=O)OC)cc2)c(C#N)c2ccc(OCCCN3CCOCC3)cc21. The molecule has 178 valence electrons. The van der Waals surface area contributed by atoms with Crippen LogP contribution in [0.1, 0.15) is 18.9 Å². The summed E-state index contributed by atoms with van der Waals surface area (Å²) in [6.45, 7) is 7.98. The summed E-state index contributed by atoms with van der Waals surface area (Å²) in [6, 6.07) is 15.7. The van der Waals surface area contributed by atoms with Crippen molar-refractivity contribution in [3.63, 3.8) is 0 Å². The summed E-state index contributed by atoms with van der Waals surface area (Å²) in [4.78, 5) is 13.9. The van der Waals surface area contributed by atoms with Crippen LogP contribution in [0.3, 0.4) is 0 Å². The van der Waals surface area contributed by atoms with Gasteiger partial charge in [0.1, 0.15) is 11.8 Å². The first-order valence-electron chi connectivity index (χ1n) is 11.6. The minimum atomic E-state index is -0.523. The molecule has 0 bridgehead atoms. The van der Waals surface area contributed by atoms with Crippen molar-refractivity contribution in [2.45, 2.75) is 19.9 Å². The number of carbonyl (C=O) groups excluding carboxylic acids is 1. The molecular weight excluding hydrogens is 432 g/mol. The van der Waals surface area contributed by atoms with Gasteiger partial charge in [-0.3, -0.25) is 10.2 Å². The number of fused-ring (bicyclic) bond motifs is 1. The van der Waals surface area contributed by atoms with Crippen LogP contribution in [0, 0.1) is 11.3 Å². The van der Waals surface area contributed by atoms with E-state index in [9.17, 15) is 10.1 Å². The summed E-state index contributed by atoms with van der Waals surface area (Å²) in [5, 5.41) is 13.5. The zero-order chi connectivity index (χ0) is 23.9. The number of nitrogens with one attached hydrogen (secondary N) is 1. The highest BCUT2D eigenvalue weighted by molar-refractivity contribution is 5.95. The van der Waals surface area contributed by atoms with Gasteiger partial charge >= 0.3 is 6.09 Å². The number of amides is 1. The summed E-state index contributed by atoms with van der Waals surface area (Å²) in [5.41, 5.74) is 3.98. The first-order chi connectivity index (χ1) is 16.6. The second kappa shape index (κ2) is 11.1. The highest BCUT2D eigenvalue weighted by atomic mass is 16.5. The smallest absolute Gasteiger partial charge is 0.411 e. The van der Waals surface area contributed by atoms with E-state index in [4.69, 9.17) is 9.47 Å². The molecule has 34 heavy (non-hydrogen) atoms. The van der Waals surface area contributed by atoms with Crippen LogP contribution in [-0.4, -0.2) is 62.1 Å². The molecule has 1 aliphatic rings. The van der Waals surface area contributed by atoms with Crippen LogP contribution in [0.4, 0.5) is 10.5 Å². The van der Waals surface area contributed by atoms with Gasteiger partial charge in [0.15, 0.2) is 0 Å². The molecule has 2 aromatic carbocycles. The van der Waals surface area contributed by atoms with Crippen molar-refractivity contribution in [1.29, 1.82) is 5.26 Å². The van der Waals surface area contributed by atoms with Crippen LogP contribution < -0.4 is 10.1 Å². The second-order valence-electron chi connectivity index (χ2n) is 8.11. The van der Waals surface area contributed by atoms with Crippen LogP contribution in [0.5, 0.6) is 5.75 Å². The van der Waals surface area contributed by atoms with E-state index >= 15 is 0 Å². The van der Waals surface area contributed by atoms with Crippen LogP contribution in [0.15, 0.2) is 42.5 Å². The van der Waals surface area contributed by atoms with E-state index in [2.05, 4.69) is 32.5 Å². The third-order valence-electron chi connectivity index (χ3n) is 6.05. The monoisotopic (exact) mass is 462 g/mol. The summed E-state index contributed by atoms with van der Waals surface area (Å²) in [7, 11) is 1.32. The number of anilines is 1. The minimum Gasteiger partial charge on any atom is -0.493 e. The van der Waals surface area contributed by atoms with Gasteiger partial charge in [0.2, 0.25) is 0 Å². The Bertz CT molecular complexity index is 1170. The molecule has 1 amide bonds. The zero-order valence-electron chi connectivity index (χ0n) is 19.7. The van der Waals surface area contributed by atoms with Crippen molar-refractivity contribution >= 4 is 22.7 Å². The number of methoxy groups -OCH3 is 1. The van der Waals surface area contributed by atoms with Crippen molar-refractivity contribution in [2.75, 3.05) is 51.9 Å². The number of ether oxygens (including phenoxy) is 3. The normalized spacial score (nSPS) is 14.0. The Labute approximate surface area is 199 Å². The lowest BCUT2D eigenvalue weighted by Crippen LogP contribution is -2.37. The maximum atomic E-state index is 11.5. The number of nitriles is 1. The van der Waals surface area contributed by atoms with E-state index in [1.807, 2.05) is 30.3 Å². The first-order valence-corrected chi connectivity index (χ1v) is 11.6. The molecule has 8 heteroatoms. The van der Waals surface area contributed by atoms with Crippen LogP contribution in [0.2, 0.25) is 0 Å². The predicted molar refractivity (Wildman–Crippen MR) is 131 cm³/mol. The molecular formula is C26H30N4O4. The maximum absolute atomic E-state index is 11.5. The fraction of sp³-hybridized carbons (Fsp3) is 0.385. The third-order valence-corrected chi connectivity index (χ3v) is 6.05. The molecule has 0 atom stereocenters. The molecule has 0 spiro atoms. The summed E-state index contributed by atoms with van der Waals surface area (Å²) in [5.74, 6) is 0.801. The largest absolute Gasteiger partial charge is 0.493 e. The molecule has 2 heterocycles. The molecule has 0 unspecified atom stereocenters. The summed E-state index contributed by atoms with van der Waals surface area (Å²) >= 11 is 0. The number of morpholine rings is 1. The number of carbonyl (C=O) groups is 1. The van der Waals surface area contributed by atoms with E-state index in [1.54, 1.807) is 12.1 Å². The average molecular weight is 463 g/mol. The number of benzene rings is 2. The molecule has 1 saturated heterocycles. The zero-order valence-corrected chi connectivity index (χ0v) is 19.7. The lowest BCUT2D eigenvalue weighted by molar-refractivity contribution is 0.0358. The Hall–Kier alpha value is -3.54. The van der Waals surface area contributed by atoms with Gasteiger partial charge in [-0.2, -0.15) is 5.26 Å². The Morgan fingerprint density at radius 3 is 2.62 bits per heavy atom. The number of rotatable bonds is 8. The molecule has 3 aromatic rings. The number of aryl methyl sites for hydroxylation is 1. The van der Waals surface area contributed by atoms with E-state index < -0.39 is 6.09 Å². The van der Waals surface area contributed by atoms with Gasteiger partial charge in [0, 0.05) is 43.3 Å². The highest BCUT2D eigenvalue weighted by Crippen LogP contribution is 2.35. The summed E-state index contributed by atoms with van der Waals surface area (Å²) in [6.07, 6.45) is 0.429. The van der Waals surface area contributed by atoms with Crippen LogP contribution in [-0.2, 0) is 16.0 Å². The molecule has 1 fully saturated rings. The molecule has 0 radical (unpaired) electrons. The van der Waals surface area contributed by atoms with Crippen molar-refractivity contribution < 1.29 is 19.0 Å². The van der Waals surface area contributed by atoms with E-state index in [0.29, 0.717) is 24.4 Å². The van der Waals surface area contributed by atoms with Crippen molar-refractivity contribution in [2.24, 2.45) is 0 Å². The van der Waals surface area contributed by atoms with Gasteiger partial charge in [-0.05, 0) is 43.2 Å². The van der Waals surface area contributed by atoms with E-state index in [-0.39, 0.29) is 0 Å². The van der Waals surface area contributed by atoms with Crippen molar-refractivity contribution in [3.05, 3.63) is 48.0 Å². The number of nitrogens with zero attached hydrogens (tertiary/aromatic N) is 3. The highest BCUT2D eigenvalue weighted by Gasteiger charge is 2.19. The van der Waals surface area contributed by atoms with Gasteiger partial charge in [-0.25, -0.2) is 4.79 Å². The quantitative estimate of drug-likeness (QED) is 0.497. The fourth-order valence-electron chi connectivity index (χ4n) is 4.34. The van der Waals surface area contributed by atoms with Crippen molar-refractivity contribution in [1.82, 2.24) is 9.47 Å². The Morgan fingerprint density at radius 2 is 1.94 bits per heavy atom. The van der Waals surface area contributed by atoms with E-state index in [0.717, 1.165) is 67.2 Å². The van der Waals surface area contributed by atoms with Gasteiger partial charge in [-0.15, -0.1) is 0 Å². The standard InChI is InChI=1S/C26H30N4O4/c1-3-30-24-17-21(34-14-4-11-29-12-15-33-16-13-29)9-10-22(24)23(18-27)25(30)19-5-7-20(8-6-19)28-26(31)32-2/h5-10,17H,3-4,11-16H2,1-2H3,(H,28,31). The lowest BCUT2D eigenvalue weighted by Gasteiger charge is -2.26. The Kier molecular flexibility index (Phi) is 7.68. The molecule has 0 aliphatic carbocycles. The predicted octanol–water partition coefficient (Wildman–Crippen LogP) is 4.48. The van der Waals surface area contributed by atoms with Gasteiger partial charge in [-0.1, -0.05) is 12.1 Å². The minimum absolute atomic E-state index is 0.523. The average Bonchev–Trinajstić information content (AvgIpc) is 3.20. The number of hydrogen-bond acceptors (Lipinski definition) is 6. The second-order valence-corrected chi connectivity index (χ2v) is 8.11. The molecule has 8 nitrogen and oxygen atoms in total. The number of aromatic nitrogens is 1. The van der Waals surface area contributed by atoms with Crippen LogP contribution in [0.25, 0.3) is 22.2 Å². The molecule has 0 saturated carbocycles. The van der Waals surface area contributed by atoms with Gasteiger partial charge in [0.25, 0.3) is 0 Å². The first kappa shape index (κ1) is 23.6. The topological polar surface area (TPSA) is 88.8 Å². The Balaban J connectivity index is 1.54. The lowest BCUT2D eigenvalue weighted by atomic mass is 10.1.